The number of benzene rings is 1. The predicted molar refractivity (Wildman–Crippen MR) is 99.7 cm³/mol. The lowest BCUT2D eigenvalue weighted by Gasteiger charge is -2.33. The molecule has 0 unspecified atom stereocenters. The molecule has 1 aliphatic heterocycles. The highest BCUT2D eigenvalue weighted by Crippen LogP contribution is 2.30. The Bertz CT molecular complexity index is 831. The normalized spacial score (nSPS) is 14.9. The van der Waals surface area contributed by atoms with Crippen LogP contribution in [0.15, 0.2) is 36.5 Å². The van der Waals surface area contributed by atoms with Gasteiger partial charge < -0.3 is 15.1 Å². The average molecular weight is 355 g/mol. The van der Waals surface area contributed by atoms with Crippen molar-refractivity contribution in [2.75, 3.05) is 43.4 Å². The van der Waals surface area contributed by atoms with Crippen molar-refractivity contribution in [2.24, 2.45) is 0 Å². The van der Waals surface area contributed by atoms with Crippen LogP contribution in [0.3, 0.4) is 0 Å². The molecule has 0 spiro atoms. The van der Waals surface area contributed by atoms with Crippen molar-refractivity contribution < 1.29 is 9.72 Å². The molecule has 8 heteroatoms. The molecule has 2 aromatic rings. The van der Waals surface area contributed by atoms with Gasteiger partial charge in [0.05, 0.1) is 4.92 Å². The summed E-state index contributed by atoms with van der Waals surface area (Å²) < 4.78 is 0. The molecule has 0 atom stereocenters. The molecular weight excluding hydrogens is 334 g/mol. The number of aromatic nitrogens is 1. The first kappa shape index (κ1) is 17.8. The summed E-state index contributed by atoms with van der Waals surface area (Å²) in [5.74, 6) is -0.00285. The molecule has 1 saturated heterocycles. The number of amides is 1. The van der Waals surface area contributed by atoms with Crippen molar-refractivity contribution in [2.45, 2.75) is 6.92 Å². The van der Waals surface area contributed by atoms with E-state index >= 15 is 0 Å². The fourth-order valence-electron chi connectivity index (χ4n) is 2.92. The Morgan fingerprint density at radius 2 is 1.92 bits per heavy atom. The van der Waals surface area contributed by atoms with Crippen LogP contribution in [0.4, 0.5) is 17.2 Å². The number of hydrogen-bond donors (Lipinski definition) is 1. The minimum Gasteiger partial charge on any atom is -0.363 e. The Labute approximate surface area is 151 Å². The lowest BCUT2D eigenvalue weighted by molar-refractivity contribution is -0.384. The minimum atomic E-state index is -0.435. The number of pyridine rings is 1. The lowest BCUT2D eigenvalue weighted by atomic mass is 10.1. The zero-order chi connectivity index (χ0) is 18.7. The zero-order valence-electron chi connectivity index (χ0n) is 14.8. The van der Waals surface area contributed by atoms with E-state index in [0.29, 0.717) is 11.5 Å². The molecule has 136 valence electrons. The number of piperazine rings is 1. The van der Waals surface area contributed by atoms with Crippen molar-refractivity contribution in [3.63, 3.8) is 0 Å². The summed E-state index contributed by atoms with van der Waals surface area (Å²) in [6.45, 7) is 5.02. The molecule has 1 amide bonds. The highest BCUT2D eigenvalue weighted by Gasteiger charge is 2.24. The lowest BCUT2D eigenvalue weighted by Crippen LogP contribution is -2.44. The Kier molecular flexibility index (Phi) is 5.13. The number of rotatable bonds is 4. The van der Waals surface area contributed by atoms with Crippen LogP contribution in [0, 0.1) is 17.0 Å². The summed E-state index contributed by atoms with van der Waals surface area (Å²) in [7, 11) is 2.03. The molecule has 1 fully saturated rings. The van der Waals surface area contributed by atoms with E-state index in [-0.39, 0.29) is 11.3 Å². The van der Waals surface area contributed by atoms with Crippen molar-refractivity contribution in [3.8, 4) is 0 Å². The van der Waals surface area contributed by atoms with Gasteiger partial charge >= 0.3 is 0 Å². The maximum absolute atomic E-state index is 12.4. The zero-order valence-corrected chi connectivity index (χ0v) is 14.8. The SMILES string of the molecule is Cc1ccnc(NC(=O)c2ccc(N3CCN(C)CC3)c([N+](=O)[O-])c2)c1. The number of hydrogen-bond acceptors (Lipinski definition) is 6. The van der Waals surface area contributed by atoms with E-state index in [9.17, 15) is 14.9 Å². The van der Waals surface area contributed by atoms with Crippen LogP contribution in [0.5, 0.6) is 0 Å². The second-order valence-corrected chi connectivity index (χ2v) is 6.42. The highest BCUT2D eigenvalue weighted by atomic mass is 16.6. The number of carbonyl (C=O) groups is 1. The second-order valence-electron chi connectivity index (χ2n) is 6.42. The summed E-state index contributed by atoms with van der Waals surface area (Å²) in [5, 5.41) is 14.2. The van der Waals surface area contributed by atoms with Gasteiger partial charge in [0.1, 0.15) is 11.5 Å². The molecule has 2 heterocycles. The van der Waals surface area contributed by atoms with E-state index in [0.717, 1.165) is 31.7 Å². The molecule has 0 aliphatic carbocycles. The minimum absolute atomic E-state index is 0.0561. The van der Waals surface area contributed by atoms with Crippen LogP contribution >= 0.6 is 0 Å². The fourth-order valence-corrected chi connectivity index (χ4v) is 2.92. The van der Waals surface area contributed by atoms with Crippen LogP contribution in [-0.2, 0) is 0 Å². The van der Waals surface area contributed by atoms with Crippen molar-refractivity contribution in [1.29, 1.82) is 0 Å². The van der Waals surface area contributed by atoms with Crippen LogP contribution in [0.2, 0.25) is 0 Å². The quantitative estimate of drug-likeness (QED) is 0.668. The summed E-state index contributed by atoms with van der Waals surface area (Å²) in [6, 6.07) is 8.17. The van der Waals surface area contributed by atoms with Gasteiger partial charge in [0.2, 0.25) is 0 Å². The van der Waals surface area contributed by atoms with Gasteiger partial charge in [-0.25, -0.2) is 4.98 Å². The molecular formula is C18H21N5O3. The van der Waals surface area contributed by atoms with Gasteiger partial charge in [-0.1, -0.05) is 0 Å². The number of likely N-dealkylation sites (N-methyl/N-ethyl adjacent to an activating group) is 1. The molecule has 3 rings (SSSR count). The van der Waals surface area contributed by atoms with Crippen molar-refractivity contribution in [1.82, 2.24) is 9.88 Å². The molecule has 1 aromatic heterocycles. The van der Waals surface area contributed by atoms with E-state index in [1.807, 2.05) is 24.9 Å². The van der Waals surface area contributed by atoms with E-state index in [4.69, 9.17) is 0 Å². The third-order valence-corrected chi connectivity index (χ3v) is 4.44. The second kappa shape index (κ2) is 7.49. The Hall–Kier alpha value is -3.00. The number of nitrogens with zero attached hydrogens (tertiary/aromatic N) is 4. The summed E-state index contributed by atoms with van der Waals surface area (Å²) in [5.41, 5.74) is 1.69. The molecule has 1 aromatic carbocycles. The predicted octanol–water partition coefficient (Wildman–Crippen LogP) is 2.30. The molecule has 26 heavy (non-hydrogen) atoms. The molecule has 1 aliphatic rings. The van der Waals surface area contributed by atoms with E-state index in [1.54, 1.807) is 24.4 Å². The third kappa shape index (κ3) is 3.97. The standard InChI is InChI=1S/C18H21N5O3/c1-13-5-6-19-17(11-13)20-18(24)14-3-4-15(16(12-14)23(25)26)22-9-7-21(2)8-10-22/h3-6,11-12H,7-10H2,1-2H3,(H,19,20,24). The Balaban J connectivity index is 1.83. The molecule has 0 bridgehead atoms. The highest BCUT2D eigenvalue weighted by molar-refractivity contribution is 6.04. The van der Waals surface area contributed by atoms with E-state index < -0.39 is 10.8 Å². The van der Waals surface area contributed by atoms with Crippen molar-refractivity contribution in [3.05, 3.63) is 57.8 Å². The van der Waals surface area contributed by atoms with Gasteiger partial charge in [-0.3, -0.25) is 14.9 Å². The maximum Gasteiger partial charge on any atom is 0.293 e. The fraction of sp³-hybridized carbons (Fsp3) is 0.333. The summed E-state index contributed by atoms with van der Waals surface area (Å²) >= 11 is 0. The number of carbonyl (C=O) groups excluding carboxylic acids is 1. The van der Waals surface area contributed by atoms with Crippen LogP contribution in [0.25, 0.3) is 0 Å². The van der Waals surface area contributed by atoms with Gasteiger partial charge in [-0.05, 0) is 43.8 Å². The molecule has 0 radical (unpaired) electrons. The monoisotopic (exact) mass is 355 g/mol. The van der Waals surface area contributed by atoms with Crippen LogP contribution in [0.1, 0.15) is 15.9 Å². The first-order valence-corrected chi connectivity index (χ1v) is 8.40. The molecule has 8 nitrogen and oxygen atoms in total. The summed E-state index contributed by atoms with van der Waals surface area (Å²) in [4.78, 5) is 31.8. The Morgan fingerprint density at radius 3 is 2.58 bits per heavy atom. The van der Waals surface area contributed by atoms with Gasteiger partial charge in [0.15, 0.2) is 0 Å². The average Bonchev–Trinajstić information content (AvgIpc) is 2.62. The van der Waals surface area contributed by atoms with Gasteiger partial charge in [0, 0.05) is 44.0 Å². The van der Waals surface area contributed by atoms with E-state index in [1.165, 1.54) is 6.07 Å². The third-order valence-electron chi connectivity index (χ3n) is 4.44. The smallest absolute Gasteiger partial charge is 0.293 e. The van der Waals surface area contributed by atoms with Gasteiger partial charge in [0.25, 0.3) is 11.6 Å². The number of anilines is 2. The first-order valence-electron chi connectivity index (χ1n) is 8.40. The molecule has 1 N–H and O–H groups in total. The first-order chi connectivity index (χ1) is 12.4. The summed E-state index contributed by atoms with van der Waals surface area (Å²) in [6.07, 6.45) is 1.60. The van der Waals surface area contributed by atoms with E-state index in [2.05, 4.69) is 15.2 Å². The van der Waals surface area contributed by atoms with Gasteiger partial charge in [-0.2, -0.15) is 0 Å². The Morgan fingerprint density at radius 1 is 1.19 bits per heavy atom. The van der Waals surface area contributed by atoms with Crippen molar-refractivity contribution >= 4 is 23.1 Å². The van der Waals surface area contributed by atoms with Crippen LogP contribution in [-0.4, -0.2) is 53.9 Å². The van der Waals surface area contributed by atoms with Gasteiger partial charge in [-0.15, -0.1) is 0 Å². The number of nitro benzene ring substituents is 1. The number of aryl methyl sites for hydroxylation is 1. The molecule has 0 saturated carbocycles. The van der Waals surface area contributed by atoms with Crippen LogP contribution < -0.4 is 10.2 Å². The number of nitrogens with one attached hydrogen (secondary N) is 1. The number of nitro groups is 1. The maximum atomic E-state index is 12.4. The largest absolute Gasteiger partial charge is 0.363 e. The topological polar surface area (TPSA) is 91.6 Å².